The third-order valence-electron chi connectivity index (χ3n) is 1.91. The van der Waals surface area contributed by atoms with Gasteiger partial charge in [0.2, 0.25) is 0 Å². The first-order chi connectivity index (χ1) is 8.40. The van der Waals surface area contributed by atoms with Crippen molar-refractivity contribution in [2.45, 2.75) is 13.3 Å². The molecule has 0 saturated carbocycles. The smallest absolute Gasteiger partial charge is 0.341 e. The monoisotopic (exact) mass is 372 g/mol. The zero-order chi connectivity index (χ0) is 13.9. The quantitative estimate of drug-likeness (QED) is 0.351. The van der Waals surface area contributed by atoms with Gasteiger partial charge < -0.3 is 4.74 Å². The first kappa shape index (κ1) is 14.7. The molecule has 0 aromatic carbocycles. The average molecular weight is 372 g/mol. The summed E-state index contributed by atoms with van der Waals surface area (Å²) in [6.45, 7) is 1.47. The van der Waals surface area contributed by atoms with Crippen molar-refractivity contribution in [2.75, 3.05) is 6.61 Å². The van der Waals surface area contributed by atoms with Gasteiger partial charge in [0.1, 0.15) is 21.0 Å². The zero-order valence-electron chi connectivity index (χ0n) is 9.02. The molecule has 0 fully saturated rings. The van der Waals surface area contributed by atoms with Crippen molar-refractivity contribution in [1.29, 1.82) is 0 Å². The lowest BCUT2D eigenvalue weighted by molar-refractivity contribution is -0.386. The second kappa shape index (κ2) is 5.98. The number of alkyl halides is 2. The number of rotatable bonds is 4. The normalized spacial score (nSPS) is 10.5. The topological polar surface area (TPSA) is 82.3 Å². The Morgan fingerprint density at radius 1 is 1.67 bits per heavy atom. The van der Waals surface area contributed by atoms with Crippen molar-refractivity contribution in [3.63, 3.8) is 0 Å². The van der Waals surface area contributed by atoms with Crippen molar-refractivity contribution >= 4 is 34.2 Å². The molecule has 0 aliphatic rings. The minimum absolute atomic E-state index is 0.0275. The molecule has 0 bridgehead atoms. The van der Waals surface area contributed by atoms with E-state index in [0.717, 1.165) is 0 Å². The highest BCUT2D eigenvalue weighted by molar-refractivity contribution is 14.1. The van der Waals surface area contributed by atoms with Crippen LogP contribution in [0.4, 0.5) is 14.5 Å². The summed E-state index contributed by atoms with van der Waals surface area (Å²) in [4.78, 5) is 24.7. The number of hydrogen-bond acceptors (Lipinski definition) is 5. The number of nitro groups is 1. The molecule has 0 aliphatic heterocycles. The van der Waals surface area contributed by atoms with Gasteiger partial charge in [-0.2, -0.15) is 0 Å². The van der Waals surface area contributed by atoms with Crippen LogP contribution in [0.25, 0.3) is 0 Å². The molecule has 0 atom stereocenters. The van der Waals surface area contributed by atoms with Gasteiger partial charge in [-0.1, -0.05) is 0 Å². The van der Waals surface area contributed by atoms with Crippen molar-refractivity contribution in [3.8, 4) is 0 Å². The van der Waals surface area contributed by atoms with Gasteiger partial charge in [0.05, 0.1) is 11.5 Å². The van der Waals surface area contributed by atoms with Gasteiger partial charge in [-0.05, 0) is 29.5 Å². The van der Waals surface area contributed by atoms with Crippen molar-refractivity contribution in [1.82, 2.24) is 4.98 Å². The molecular formula is C9H7F2IN2O4. The first-order valence-corrected chi connectivity index (χ1v) is 5.76. The Balaban J connectivity index is 3.45. The van der Waals surface area contributed by atoms with E-state index in [4.69, 9.17) is 0 Å². The van der Waals surface area contributed by atoms with Crippen molar-refractivity contribution in [3.05, 3.63) is 31.1 Å². The Morgan fingerprint density at radius 2 is 2.28 bits per heavy atom. The van der Waals surface area contributed by atoms with Crippen LogP contribution in [0, 0.1) is 13.7 Å². The average Bonchev–Trinajstić information content (AvgIpc) is 2.27. The lowest BCUT2D eigenvalue weighted by Gasteiger charge is -2.09. The van der Waals surface area contributed by atoms with Crippen LogP contribution in [-0.2, 0) is 4.74 Å². The summed E-state index contributed by atoms with van der Waals surface area (Å²) in [6.07, 6.45) is -2.31. The van der Waals surface area contributed by atoms with Crippen LogP contribution in [0.1, 0.15) is 29.4 Å². The predicted octanol–water partition coefficient (Wildman–Crippen LogP) is 2.71. The third kappa shape index (κ3) is 2.89. The molecule has 0 amide bonds. The number of carbonyl (C=O) groups is 1. The van der Waals surface area contributed by atoms with Crippen LogP contribution < -0.4 is 0 Å². The van der Waals surface area contributed by atoms with Gasteiger partial charge >= 0.3 is 11.7 Å². The molecule has 0 spiro atoms. The largest absolute Gasteiger partial charge is 0.462 e. The van der Waals surface area contributed by atoms with Crippen LogP contribution >= 0.6 is 22.6 Å². The Labute approximate surface area is 114 Å². The highest BCUT2D eigenvalue weighted by Crippen LogP contribution is 2.30. The molecule has 0 unspecified atom stereocenters. The minimum Gasteiger partial charge on any atom is -0.462 e. The Hall–Kier alpha value is -1.39. The fourth-order valence-electron chi connectivity index (χ4n) is 1.18. The zero-order valence-corrected chi connectivity index (χ0v) is 11.2. The number of carbonyl (C=O) groups excluding carboxylic acids is 1. The molecule has 6 nitrogen and oxygen atoms in total. The number of aromatic nitrogens is 1. The van der Waals surface area contributed by atoms with Crippen LogP contribution in [-0.4, -0.2) is 22.5 Å². The van der Waals surface area contributed by atoms with Crippen LogP contribution in [0.5, 0.6) is 0 Å². The molecule has 0 saturated heterocycles. The second-order valence-electron chi connectivity index (χ2n) is 3.00. The van der Waals surface area contributed by atoms with E-state index in [2.05, 4.69) is 9.72 Å². The maximum absolute atomic E-state index is 12.7. The van der Waals surface area contributed by atoms with Gasteiger partial charge in [-0.15, -0.1) is 0 Å². The molecule has 1 aromatic rings. The molecule has 1 heterocycles. The molecular weight excluding hydrogens is 365 g/mol. The van der Waals surface area contributed by atoms with E-state index in [0.29, 0.717) is 6.20 Å². The summed E-state index contributed by atoms with van der Waals surface area (Å²) >= 11 is 1.45. The molecule has 1 aromatic heterocycles. The molecule has 0 N–H and O–H groups in total. The van der Waals surface area contributed by atoms with Crippen LogP contribution in [0.2, 0.25) is 0 Å². The minimum atomic E-state index is -3.02. The van der Waals surface area contributed by atoms with E-state index in [9.17, 15) is 23.7 Å². The van der Waals surface area contributed by atoms with Gasteiger partial charge in [0, 0.05) is 0 Å². The summed E-state index contributed by atoms with van der Waals surface area (Å²) in [6, 6.07) is 0. The summed E-state index contributed by atoms with van der Waals surface area (Å²) in [5, 5.41) is 10.7. The summed E-state index contributed by atoms with van der Waals surface area (Å²) in [5.74, 6) is -1.05. The third-order valence-corrected chi connectivity index (χ3v) is 3.00. The van der Waals surface area contributed by atoms with E-state index < -0.39 is 34.3 Å². The summed E-state index contributed by atoms with van der Waals surface area (Å²) < 4.78 is 29.8. The number of hydrogen-bond donors (Lipinski definition) is 0. The van der Waals surface area contributed by atoms with Crippen molar-refractivity contribution in [2.24, 2.45) is 0 Å². The lowest BCUT2D eigenvalue weighted by Crippen LogP contribution is -2.13. The van der Waals surface area contributed by atoms with Gasteiger partial charge in [0.15, 0.2) is 0 Å². The van der Waals surface area contributed by atoms with Crippen LogP contribution in [0.3, 0.4) is 0 Å². The van der Waals surface area contributed by atoms with E-state index >= 15 is 0 Å². The SMILES string of the molecule is CCOC(=O)c1c(C(F)F)ncc([N+](=O)[O-])c1I. The Morgan fingerprint density at radius 3 is 2.72 bits per heavy atom. The molecule has 18 heavy (non-hydrogen) atoms. The first-order valence-electron chi connectivity index (χ1n) is 4.68. The Bertz CT molecular complexity index is 496. The maximum Gasteiger partial charge on any atom is 0.341 e. The number of pyridine rings is 1. The Kier molecular flexibility index (Phi) is 4.87. The second-order valence-corrected chi connectivity index (χ2v) is 4.07. The molecule has 0 aliphatic carbocycles. The van der Waals surface area contributed by atoms with Crippen molar-refractivity contribution < 1.29 is 23.2 Å². The van der Waals surface area contributed by atoms with E-state index in [-0.39, 0.29) is 10.2 Å². The van der Waals surface area contributed by atoms with Crippen LogP contribution in [0.15, 0.2) is 6.20 Å². The molecule has 9 heteroatoms. The number of halogens is 3. The molecule has 1 rings (SSSR count). The van der Waals surface area contributed by atoms with E-state index in [1.54, 1.807) is 0 Å². The van der Waals surface area contributed by atoms with E-state index in [1.807, 2.05) is 0 Å². The number of esters is 1. The van der Waals surface area contributed by atoms with E-state index in [1.165, 1.54) is 29.5 Å². The number of ether oxygens (including phenoxy) is 1. The highest BCUT2D eigenvalue weighted by atomic mass is 127. The number of nitrogens with zero attached hydrogens (tertiary/aromatic N) is 2. The van der Waals surface area contributed by atoms with Gasteiger partial charge in [0.25, 0.3) is 6.43 Å². The maximum atomic E-state index is 12.7. The summed E-state index contributed by atoms with van der Waals surface area (Å²) in [5.41, 5.74) is -1.88. The highest BCUT2D eigenvalue weighted by Gasteiger charge is 2.29. The standard InChI is InChI=1S/C9H7F2IN2O4/c1-2-18-9(15)5-6(12)4(14(16)17)3-13-7(5)8(10)11/h3,8H,2H2,1H3. The fraction of sp³-hybridized carbons (Fsp3) is 0.333. The predicted molar refractivity (Wildman–Crippen MR) is 64.5 cm³/mol. The molecule has 0 radical (unpaired) electrons. The molecule has 98 valence electrons. The summed E-state index contributed by atoms with van der Waals surface area (Å²) in [7, 11) is 0. The van der Waals surface area contributed by atoms with Gasteiger partial charge in [-0.3, -0.25) is 10.1 Å². The fourth-order valence-corrected chi connectivity index (χ4v) is 2.02. The van der Waals surface area contributed by atoms with Gasteiger partial charge in [-0.25, -0.2) is 18.6 Å². The lowest BCUT2D eigenvalue weighted by atomic mass is 10.2.